The molecule has 1 aliphatic rings. The van der Waals surface area contributed by atoms with Crippen molar-refractivity contribution in [2.75, 3.05) is 6.54 Å². The molecule has 2 amide bonds. The van der Waals surface area contributed by atoms with Crippen LogP contribution in [0.2, 0.25) is 5.02 Å². The van der Waals surface area contributed by atoms with Gasteiger partial charge >= 0.3 is 5.97 Å². The molecule has 1 heterocycles. The zero-order chi connectivity index (χ0) is 24.0. The summed E-state index contributed by atoms with van der Waals surface area (Å²) in [4.78, 5) is 37.0. The summed E-state index contributed by atoms with van der Waals surface area (Å²) in [5.74, 6) is -2.16. The van der Waals surface area contributed by atoms with E-state index in [9.17, 15) is 19.5 Å². The number of aliphatic carboxylic acids is 1. The molecule has 176 valence electrons. The highest BCUT2D eigenvalue weighted by atomic mass is 35.5. The van der Waals surface area contributed by atoms with E-state index in [-0.39, 0.29) is 42.7 Å². The standard InChI is InChI=1S/C25H30ClN3O4/c1-15(2)23(25(32)33)29-22(30)12-19(16-7-9-20(26)10-8-16)14-28-24(31)21-11-17-5-3-4-6-18(17)13-27-21/h3-10,15,19,21,23,27H,11-14H2,1-2H3,(H,28,31)(H,29,30)(H,32,33)/t19-,21-,23+/m0/s1. The summed E-state index contributed by atoms with van der Waals surface area (Å²) >= 11 is 6.01. The molecular weight excluding hydrogens is 442 g/mol. The van der Waals surface area contributed by atoms with E-state index in [1.807, 2.05) is 36.4 Å². The maximum Gasteiger partial charge on any atom is 0.326 e. The van der Waals surface area contributed by atoms with Crippen LogP contribution in [0.4, 0.5) is 0 Å². The molecule has 0 fully saturated rings. The number of fused-ring (bicyclic) bond motifs is 1. The molecule has 2 aromatic rings. The maximum absolute atomic E-state index is 12.9. The van der Waals surface area contributed by atoms with Gasteiger partial charge in [-0.25, -0.2) is 4.79 Å². The number of benzene rings is 2. The molecule has 0 radical (unpaired) electrons. The van der Waals surface area contributed by atoms with Gasteiger partial charge in [0, 0.05) is 30.5 Å². The molecule has 0 unspecified atom stereocenters. The van der Waals surface area contributed by atoms with Crippen molar-refractivity contribution in [3.8, 4) is 0 Å². The molecule has 0 saturated heterocycles. The Morgan fingerprint density at radius 3 is 2.39 bits per heavy atom. The lowest BCUT2D eigenvalue weighted by atomic mass is 9.93. The van der Waals surface area contributed by atoms with Crippen LogP contribution >= 0.6 is 11.6 Å². The molecule has 3 atom stereocenters. The summed E-state index contributed by atoms with van der Waals surface area (Å²) in [6.07, 6.45) is 0.641. The second kappa shape index (κ2) is 11.3. The van der Waals surface area contributed by atoms with Crippen LogP contribution in [0.3, 0.4) is 0 Å². The van der Waals surface area contributed by atoms with Gasteiger partial charge in [0.05, 0.1) is 6.04 Å². The average Bonchev–Trinajstić information content (AvgIpc) is 2.79. The molecule has 4 N–H and O–H groups in total. The Bertz CT molecular complexity index is 993. The third-order valence-electron chi connectivity index (χ3n) is 5.94. The molecule has 33 heavy (non-hydrogen) atoms. The van der Waals surface area contributed by atoms with E-state index in [1.54, 1.807) is 26.0 Å². The summed E-state index contributed by atoms with van der Waals surface area (Å²) in [5, 5.41) is 18.8. The Kier molecular flexibility index (Phi) is 8.47. The van der Waals surface area contributed by atoms with Crippen LogP contribution in [0, 0.1) is 5.92 Å². The number of carbonyl (C=O) groups is 3. The van der Waals surface area contributed by atoms with E-state index >= 15 is 0 Å². The third-order valence-corrected chi connectivity index (χ3v) is 6.19. The third kappa shape index (κ3) is 6.79. The molecule has 0 aromatic heterocycles. The summed E-state index contributed by atoms with van der Waals surface area (Å²) in [5.41, 5.74) is 3.18. The Morgan fingerprint density at radius 2 is 1.76 bits per heavy atom. The van der Waals surface area contributed by atoms with Crippen molar-refractivity contribution in [3.63, 3.8) is 0 Å². The number of carbonyl (C=O) groups excluding carboxylic acids is 2. The molecule has 0 aliphatic carbocycles. The van der Waals surface area contributed by atoms with Crippen LogP contribution in [-0.2, 0) is 27.3 Å². The van der Waals surface area contributed by atoms with Crippen molar-refractivity contribution >= 4 is 29.4 Å². The van der Waals surface area contributed by atoms with Crippen LogP contribution in [0.25, 0.3) is 0 Å². The van der Waals surface area contributed by atoms with Crippen molar-refractivity contribution in [3.05, 3.63) is 70.2 Å². The molecule has 2 aromatic carbocycles. The fourth-order valence-electron chi connectivity index (χ4n) is 4.00. The SMILES string of the molecule is CC(C)[C@@H](NC(=O)C[C@@H](CNC(=O)[C@@H]1Cc2ccccc2CN1)c1ccc(Cl)cc1)C(=O)O. The predicted octanol–water partition coefficient (Wildman–Crippen LogP) is 2.87. The zero-order valence-electron chi connectivity index (χ0n) is 18.8. The van der Waals surface area contributed by atoms with Crippen LogP contribution in [0.5, 0.6) is 0 Å². The molecule has 0 bridgehead atoms. The van der Waals surface area contributed by atoms with E-state index in [2.05, 4.69) is 16.0 Å². The topological polar surface area (TPSA) is 108 Å². The molecule has 0 saturated carbocycles. The van der Waals surface area contributed by atoms with Crippen molar-refractivity contribution < 1.29 is 19.5 Å². The number of rotatable bonds is 9. The van der Waals surface area contributed by atoms with Gasteiger partial charge in [-0.3, -0.25) is 9.59 Å². The number of nitrogens with one attached hydrogen (secondary N) is 3. The smallest absolute Gasteiger partial charge is 0.326 e. The highest BCUT2D eigenvalue weighted by Crippen LogP contribution is 2.22. The Labute approximate surface area is 198 Å². The second-order valence-corrected chi connectivity index (χ2v) is 9.17. The molecular formula is C25H30ClN3O4. The first kappa shape index (κ1) is 24.7. The average molecular weight is 472 g/mol. The van der Waals surface area contributed by atoms with Gasteiger partial charge in [0.25, 0.3) is 0 Å². The first-order chi connectivity index (χ1) is 15.7. The minimum atomic E-state index is -1.07. The van der Waals surface area contributed by atoms with E-state index in [4.69, 9.17) is 11.6 Å². The largest absolute Gasteiger partial charge is 0.480 e. The van der Waals surface area contributed by atoms with Gasteiger partial charge < -0.3 is 21.1 Å². The van der Waals surface area contributed by atoms with Crippen LogP contribution in [-0.4, -0.2) is 41.5 Å². The fraction of sp³-hybridized carbons (Fsp3) is 0.400. The van der Waals surface area contributed by atoms with Crippen molar-refractivity contribution in [1.82, 2.24) is 16.0 Å². The Balaban J connectivity index is 1.66. The van der Waals surface area contributed by atoms with Gasteiger partial charge in [0.1, 0.15) is 6.04 Å². The lowest BCUT2D eigenvalue weighted by Crippen LogP contribution is -2.49. The lowest BCUT2D eigenvalue weighted by Gasteiger charge is -2.26. The van der Waals surface area contributed by atoms with Crippen molar-refractivity contribution in [1.29, 1.82) is 0 Å². The van der Waals surface area contributed by atoms with Gasteiger partial charge in [-0.05, 0) is 41.2 Å². The monoisotopic (exact) mass is 471 g/mol. The Morgan fingerprint density at radius 1 is 1.09 bits per heavy atom. The minimum absolute atomic E-state index is 0.0410. The van der Waals surface area contributed by atoms with Gasteiger partial charge in [0.2, 0.25) is 11.8 Å². The van der Waals surface area contributed by atoms with Crippen molar-refractivity contribution in [2.24, 2.45) is 5.92 Å². The number of hydrogen-bond donors (Lipinski definition) is 4. The first-order valence-corrected chi connectivity index (χ1v) is 11.5. The highest BCUT2D eigenvalue weighted by Gasteiger charge is 2.27. The molecule has 3 rings (SSSR count). The van der Waals surface area contributed by atoms with E-state index in [1.165, 1.54) is 5.56 Å². The lowest BCUT2D eigenvalue weighted by molar-refractivity contribution is -0.143. The van der Waals surface area contributed by atoms with Crippen LogP contribution in [0.15, 0.2) is 48.5 Å². The number of amides is 2. The second-order valence-electron chi connectivity index (χ2n) is 8.73. The fourth-order valence-corrected chi connectivity index (χ4v) is 4.13. The molecule has 7 nitrogen and oxygen atoms in total. The first-order valence-electron chi connectivity index (χ1n) is 11.1. The van der Waals surface area contributed by atoms with Crippen LogP contribution < -0.4 is 16.0 Å². The Hall–Kier alpha value is -2.90. The van der Waals surface area contributed by atoms with Gasteiger partial charge in [0.15, 0.2) is 0 Å². The van der Waals surface area contributed by atoms with Crippen molar-refractivity contribution in [2.45, 2.75) is 51.2 Å². The van der Waals surface area contributed by atoms with E-state index in [0.29, 0.717) is 18.0 Å². The van der Waals surface area contributed by atoms with E-state index in [0.717, 1.165) is 11.1 Å². The predicted molar refractivity (Wildman–Crippen MR) is 127 cm³/mol. The highest BCUT2D eigenvalue weighted by molar-refractivity contribution is 6.30. The van der Waals surface area contributed by atoms with E-state index < -0.39 is 12.0 Å². The minimum Gasteiger partial charge on any atom is -0.480 e. The molecule has 1 aliphatic heterocycles. The quantitative estimate of drug-likeness (QED) is 0.450. The normalized spacial score (nSPS) is 17.0. The summed E-state index contributed by atoms with van der Waals surface area (Å²) in [6, 6.07) is 13.8. The summed E-state index contributed by atoms with van der Waals surface area (Å²) in [6.45, 7) is 4.35. The summed E-state index contributed by atoms with van der Waals surface area (Å²) < 4.78 is 0. The van der Waals surface area contributed by atoms with Gasteiger partial charge in [-0.2, -0.15) is 0 Å². The zero-order valence-corrected chi connectivity index (χ0v) is 19.6. The summed E-state index contributed by atoms with van der Waals surface area (Å²) in [7, 11) is 0. The number of halogens is 1. The maximum atomic E-state index is 12.9. The molecule has 0 spiro atoms. The number of carboxylic acid groups (broad SMARTS) is 1. The van der Waals surface area contributed by atoms with Crippen LogP contribution in [0.1, 0.15) is 42.9 Å². The van der Waals surface area contributed by atoms with Gasteiger partial charge in [-0.1, -0.05) is 61.8 Å². The molecule has 8 heteroatoms. The number of carboxylic acids is 1. The van der Waals surface area contributed by atoms with Gasteiger partial charge in [-0.15, -0.1) is 0 Å². The number of hydrogen-bond acceptors (Lipinski definition) is 4.